The molecule has 0 aliphatic carbocycles. The van der Waals surface area contributed by atoms with Crippen LogP contribution in [0.4, 0.5) is 15.9 Å². The summed E-state index contributed by atoms with van der Waals surface area (Å²) in [6.07, 6.45) is 2.27. The molecule has 3 N–H and O–H groups in total. The first-order valence-corrected chi connectivity index (χ1v) is 10.2. The van der Waals surface area contributed by atoms with Crippen molar-refractivity contribution in [2.45, 2.75) is 19.1 Å². The first-order chi connectivity index (χ1) is 14.5. The number of aromatic nitrogens is 1. The summed E-state index contributed by atoms with van der Waals surface area (Å²) in [6, 6.07) is 14.3. The number of pyridine rings is 1. The molecule has 156 valence electrons. The molecule has 0 fully saturated rings. The Morgan fingerprint density at radius 2 is 2.03 bits per heavy atom. The highest BCUT2D eigenvalue weighted by Crippen LogP contribution is 2.37. The Morgan fingerprint density at radius 1 is 1.17 bits per heavy atom. The van der Waals surface area contributed by atoms with Gasteiger partial charge in [-0.2, -0.15) is 0 Å². The lowest BCUT2D eigenvalue weighted by Crippen LogP contribution is -2.24. The standard InChI is InChI=1S/C23H23ClFN3O2/c24-17-11-16(12-18(25)14-17)10-15-4-6-26-22(13-15)28-8-5-19-20(2-1-3-21(19)28)23(30)27-7-9-29/h1-4,6,11-14,23,27,29-30H,5,7-10H2. The van der Waals surface area contributed by atoms with Gasteiger partial charge in [-0.25, -0.2) is 9.37 Å². The molecule has 0 saturated carbocycles. The van der Waals surface area contributed by atoms with Gasteiger partial charge in [0.25, 0.3) is 0 Å². The highest BCUT2D eigenvalue weighted by Gasteiger charge is 2.26. The lowest BCUT2D eigenvalue weighted by atomic mass is 10.0. The van der Waals surface area contributed by atoms with Crippen LogP contribution in [0.1, 0.15) is 28.5 Å². The number of benzene rings is 2. The maximum atomic E-state index is 13.7. The first kappa shape index (κ1) is 20.8. The summed E-state index contributed by atoms with van der Waals surface area (Å²) < 4.78 is 13.7. The van der Waals surface area contributed by atoms with E-state index in [4.69, 9.17) is 16.7 Å². The number of nitrogens with one attached hydrogen (secondary N) is 1. The van der Waals surface area contributed by atoms with Crippen LogP contribution in [-0.2, 0) is 12.8 Å². The van der Waals surface area contributed by atoms with Crippen molar-refractivity contribution in [2.24, 2.45) is 0 Å². The van der Waals surface area contributed by atoms with Gasteiger partial charge in [0.05, 0.1) is 6.61 Å². The van der Waals surface area contributed by atoms with Gasteiger partial charge in [0, 0.05) is 35.6 Å². The molecule has 1 unspecified atom stereocenters. The van der Waals surface area contributed by atoms with Gasteiger partial charge >= 0.3 is 0 Å². The summed E-state index contributed by atoms with van der Waals surface area (Å²) in [7, 11) is 0. The summed E-state index contributed by atoms with van der Waals surface area (Å²) in [5.41, 5.74) is 4.71. The fourth-order valence-corrected chi connectivity index (χ4v) is 4.18. The summed E-state index contributed by atoms with van der Waals surface area (Å²) in [5, 5.41) is 22.7. The second-order valence-corrected chi connectivity index (χ2v) is 7.74. The molecule has 1 aromatic heterocycles. The van der Waals surface area contributed by atoms with E-state index in [0.717, 1.165) is 46.7 Å². The summed E-state index contributed by atoms with van der Waals surface area (Å²) in [4.78, 5) is 6.66. The second kappa shape index (κ2) is 9.10. The van der Waals surface area contributed by atoms with Gasteiger partial charge in [-0.05, 0) is 65.9 Å². The van der Waals surface area contributed by atoms with Crippen LogP contribution in [-0.4, -0.2) is 34.9 Å². The Morgan fingerprint density at radius 3 is 2.83 bits per heavy atom. The molecular formula is C23H23ClFN3O2. The normalized spacial score (nSPS) is 14.1. The third-order valence-electron chi connectivity index (χ3n) is 5.22. The third kappa shape index (κ3) is 4.47. The summed E-state index contributed by atoms with van der Waals surface area (Å²) in [6.45, 7) is 1.04. The molecule has 0 amide bonds. The van der Waals surface area contributed by atoms with Gasteiger partial charge in [-0.1, -0.05) is 23.7 Å². The predicted molar refractivity (Wildman–Crippen MR) is 116 cm³/mol. The van der Waals surface area contributed by atoms with Crippen LogP contribution < -0.4 is 10.2 Å². The molecule has 1 aliphatic heterocycles. The molecule has 0 bridgehead atoms. The Kier molecular flexibility index (Phi) is 6.29. The fraction of sp³-hybridized carbons (Fsp3) is 0.261. The van der Waals surface area contributed by atoms with Crippen LogP contribution >= 0.6 is 11.6 Å². The zero-order valence-electron chi connectivity index (χ0n) is 16.4. The first-order valence-electron chi connectivity index (χ1n) is 9.86. The van der Waals surface area contributed by atoms with E-state index in [-0.39, 0.29) is 12.4 Å². The lowest BCUT2D eigenvalue weighted by Gasteiger charge is -2.21. The average Bonchev–Trinajstić information content (AvgIpc) is 3.15. The molecule has 4 rings (SSSR count). The number of aliphatic hydroxyl groups is 2. The van der Waals surface area contributed by atoms with Gasteiger partial charge in [0.1, 0.15) is 17.9 Å². The Balaban J connectivity index is 1.59. The maximum absolute atomic E-state index is 13.7. The van der Waals surface area contributed by atoms with E-state index >= 15 is 0 Å². The number of hydrogen-bond donors (Lipinski definition) is 3. The van der Waals surface area contributed by atoms with E-state index in [1.54, 1.807) is 12.3 Å². The van der Waals surface area contributed by atoms with Crippen LogP contribution in [0.5, 0.6) is 0 Å². The van der Waals surface area contributed by atoms with Crippen molar-refractivity contribution in [3.63, 3.8) is 0 Å². The van der Waals surface area contributed by atoms with Gasteiger partial charge in [-0.15, -0.1) is 0 Å². The van der Waals surface area contributed by atoms with Gasteiger partial charge in [-0.3, -0.25) is 5.32 Å². The van der Waals surface area contributed by atoms with Crippen molar-refractivity contribution in [2.75, 3.05) is 24.6 Å². The molecule has 30 heavy (non-hydrogen) atoms. The lowest BCUT2D eigenvalue weighted by molar-refractivity contribution is 0.128. The topological polar surface area (TPSA) is 68.6 Å². The fourth-order valence-electron chi connectivity index (χ4n) is 3.93. The van der Waals surface area contributed by atoms with Crippen molar-refractivity contribution >= 4 is 23.1 Å². The van der Waals surface area contributed by atoms with Crippen molar-refractivity contribution in [1.82, 2.24) is 10.3 Å². The zero-order chi connectivity index (χ0) is 21.1. The SMILES string of the molecule is OCCNC(O)c1cccc2c1CCN2c1cc(Cc2cc(F)cc(Cl)c2)ccn1. The van der Waals surface area contributed by atoms with Crippen molar-refractivity contribution in [3.05, 3.63) is 87.8 Å². The Labute approximate surface area is 179 Å². The highest BCUT2D eigenvalue weighted by molar-refractivity contribution is 6.30. The molecule has 0 saturated heterocycles. The van der Waals surface area contributed by atoms with E-state index in [1.807, 2.05) is 30.3 Å². The largest absolute Gasteiger partial charge is 0.395 e. The smallest absolute Gasteiger partial charge is 0.133 e. The number of nitrogens with zero attached hydrogens (tertiary/aromatic N) is 2. The van der Waals surface area contributed by atoms with Crippen LogP contribution in [0, 0.1) is 5.82 Å². The number of rotatable bonds is 7. The molecule has 1 aliphatic rings. The van der Waals surface area contributed by atoms with Crippen molar-refractivity contribution in [1.29, 1.82) is 0 Å². The molecule has 7 heteroatoms. The predicted octanol–water partition coefficient (Wildman–Crippen LogP) is 3.73. The Bertz CT molecular complexity index is 1030. The second-order valence-electron chi connectivity index (χ2n) is 7.30. The molecule has 2 aromatic carbocycles. The summed E-state index contributed by atoms with van der Waals surface area (Å²) >= 11 is 5.98. The Hall–Kier alpha value is -2.51. The molecule has 3 aromatic rings. The number of aliphatic hydroxyl groups excluding tert-OH is 2. The number of fused-ring (bicyclic) bond motifs is 1. The average molecular weight is 428 g/mol. The molecule has 0 radical (unpaired) electrons. The summed E-state index contributed by atoms with van der Waals surface area (Å²) in [5.74, 6) is 0.463. The highest BCUT2D eigenvalue weighted by atomic mass is 35.5. The number of anilines is 2. The van der Waals surface area contributed by atoms with Gasteiger partial charge in [0.2, 0.25) is 0 Å². The third-order valence-corrected chi connectivity index (χ3v) is 5.44. The van der Waals surface area contributed by atoms with E-state index < -0.39 is 6.23 Å². The van der Waals surface area contributed by atoms with Gasteiger partial charge in [0.15, 0.2) is 0 Å². The molecular weight excluding hydrogens is 405 g/mol. The van der Waals surface area contributed by atoms with Crippen LogP contribution in [0.15, 0.2) is 54.7 Å². The van der Waals surface area contributed by atoms with Crippen molar-refractivity contribution < 1.29 is 14.6 Å². The zero-order valence-corrected chi connectivity index (χ0v) is 17.1. The monoisotopic (exact) mass is 427 g/mol. The molecule has 5 nitrogen and oxygen atoms in total. The van der Waals surface area contributed by atoms with Crippen molar-refractivity contribution in [3.8, 4) is 0 Å². The minimum Gasteiger partial charge on any atom is -0.395 e. The molecule has 0 spiro atoms. The maximum Gasteiger partial charge on any atom is 0.133 e. The van der Waals surface area contributed by atoms with E-state index in [1.165, 1.54) is 12.1 Å². The minimum atomic E-state index is -0.830. The quantitative estimate of drug-likeness (QED) is 0.501. The van der Waals surface area contributed by atoms with Gasteiger partial charge < -0.3 is 15.1 Å². The molecule has 2 heterocycles. The van der Waals surface area contributed by atoms with E-state index in [0.29, 0.717) is 18.0 Å². The molecule has 1 atom stereocenters. The number of halogens is 2. The minimum absolute atomic E-state index is 0.0363. The van der Waals surface area contributed by atoms with Crippen LogP contribution in [0.3, 0.4) is 0 Å². The van der Waals surface area contributed by atoms with E-state index in [9.17, 15) is 9.50 Å². The van der Waals surface area contributed by atoms with Crippen LogP contribution in [0.25, 0.3) is 0 Å². The van der Waals surface area contributed by atoms with E-state index in [2.05, 4.69) is 15.2 Å². The van der Waals surface area contributed by atoms with Crippen LogP contribution in [0.2, 0.25) is 5.02 Å². The number of hydrogen-bond acceptors (Lipinski definition) is 5.